The molecule has 5 heteroatoms. The van der Waals surface area contributed by atoms with E-state index in [1.807, 2.05) is 23.1 Å². The molecule has 3 aromatic rings. The smallest absolute Gasteiger partial charge is 0.135 e. The Morgan fingerprint density at radius 3 is 2.96 bits per heavy atom. The summed E-state index contributed by atoms with van der Waals surface area (Å²) < 4.78 is 2.01. The van der Waals surface area contributed by atoms with Crippen LogP contribution in [0.5, 0.6) is 0 Å². The van der Waals surface area contributed by atoms with Crippen LogP contribution in [0.3, 0.4) is 0 Å². The van der Waals surface area contributed by atoms with Gasteiger partial charge < -0.3 is 10.6 Å². The third-order valence-corrected chi connectivity index (χ3v) is 4.15. The lowest BCUT2D eigenvalue weighted by Crippen LogP contribution is -2.03. The zero-order valence-electron chi connectivity index (χ0n) is 14.0. The van der Waals surface area contributed by atoms with Crippen molar-refractivity contribution in [1.82, 2.24) is 14.8 Å². The molecule has 5 nitrogen and oxygen atoms in total. The minimum atomic E-state index is 0.585. The number of anilines is 3. The summed E-state index contributed by atoms with van der Waals surface area (Å²) in [6.45, 7) is 6.10. The second kappa shape index (κ2) is 6.00. The normalized spacial score (nSPS) is 12.8. The van der Waals surface area contributed by atoms with Gasteiger partial charge in [0.05, 0.1) is 17.6 Å². The molecule has 0 spiro atoms. The highest BCUT2D eigenvalue weighted by Crippen LogP contribution is 2.34. The summed E-state index contributed by atoms with van der Waals surface area (Å²) in [7, 11) is 0. The van der Waals surface area contributed by atoms with E-state index >= 15 is 0 Å². The third-order valence-electron chi connectivity index (χ3n) is 4.15. The Morgan fingerprint density at radius 1 is 1.17 bits per heavy atom. The number of fused-ring (bicyclic) bond motifs is 2. The highest BCUT2D eigenvalue weighted by atomic mass is 15.3. The number of benzene rings is 1. The second-order valence-electron chi connectivity index (χ2n) is 6.59. The van der Waals surface area contributed by atoms with E-state index in [2.05, 4.69) is 65.0 Å². The Balaban J connectivity index is 1.63. The maximum absolute atomic E-state index is 4.47. The molecule has 3 heterocycles. The second-order valence-corrected chi connectivity index (χ2v) is 6.59. The fourth-order valence-corrected chi connectivity index (χ4v) is 2.98. The van der Waals surface area contributed by atoms with Crippen LogP contribution < -0.4 is 10.6 Å². The van der Waals surface area contributed by atoms with Gasteiger partial charge in [-0.1, -0.05) is 26.0 Å². The van der Waals surface area contributed by atoms with Crippen molar-refractivity contribution < 1.29 is 0 Å². The van der Waals surface area contributed by atoms with Crippen LogP contribution in [0.15, 0.2) is 48.9 Å². The Labute approximate surface area is 141 Å². The van der Waals surface area contributed by atoms with Gasteiger partial charge in [0, 0.05) is 36.6 Å². The predicted octanol–water partition coefficient (Wildman–Crippen LogP) is 4.27. The summed E-state index contributed by atoms with van der Waals surface area (Å²) in [5.74, 6) is 1.50. The molecule has 24 heavy (non-hydrogen) atoms. The van der Waals surface area contributed by atoms with Gasteiger partial charge >= 0.3 is 0 Å². The molecule has 122 valence electrons. The number of pyridine rings is 1. The van der Waals surface area contributed by atoms with Crippen LogP contribution in [0.25, 0.3) is 11.1 Å². The maximum atomic E-state index is 4.47. The van der Waals surface area contributed by atoms with Gasteiger partial charge in [-0.25, -0.2) is 4.98 Å². The molecule has 2 aromatic heterocycles. The average Bonchev–Trinajstić information content (AvgIpc) is 2.94. The topological polar surface area (TPSA) is 54.8 Å². The van der Waals surface area contributed by atoms with E-state index in [9.17, 15) is 0 Å². The molecule has 1 aliphatic rings. The third kappa shape index (κ3) is 2.85. The van der Waals surface area contributed by atoms with Crippen LogP contribution in [0.4, 0.5) is 17.2 Å². The van der Waals surface area contributed by atoms with Crippen LogP contribution in [0.1, 0.15) is 19.4 Å². The van der Waals surface area contributed by atoms with Crippen LogP contribution in [0, 0.1) is 5.92 Å². The van der Waals surface area contributed by atoms with E-state index in [0.29, 0.717) is 5.92 Å². The molecule has 1 aromatic carbocycles. The molecule has 0 saturated carbocycles. The maximum Gasteiger partial charge on any atom is 0.135 e. The number of nitrogens with zero attached hydrogens (tertiary/aromatic N) is 3. The van der Waals surface area contributed by atoms with Crippen molar-refractivity contribution in [3.63, 3.8) is 0 Å². The highest BCUT2D eigenvalue weighted by Gasteiger charge is 2.14. The first-order chi connectivity index (χ1) is 11.7. The van der Waals surface area contributed by atoms with Crippen molar-refractivity contribution in [2.24, 2.45) is 5.92 Å². The lowest BCUT2D eigenvalue weighted by atomic mass is 10.1. The molecule has 0 unspecified atom stereocenters. The zero-order chi connectivity index (χ0) is 16.5. The van der Waals surface area contributed by atoms with Crippen molar-refractivity contribution in [3.05, 3.63) is 54.5 Å². The van der Waals surface area contributed by atoms with Crippen molar-refractivity contribution in [1.29, 1.82) is 0 Å². The van der Waals surface area contributed by atoms with E-state index in [0.717, 1.165) is 41.4 Å². The number of nitrogens with one attached hydrogen (secondary N) is 2. The Hall–Kier alpha value is -2.82. The summed E-state index contributed by atoms with van der Waals surface area (Å²) in [5, 5.41) is 11.4. The van der Waals surface area contributed by atoms with Crippen LogP contribution in [-0.2, 0) is 13.1 Å². The number of aromatic nitrogens is 3. The van der Waals surface area contributed by atoms with Crippen molar-refractivity contribution in [2.75, 3.05) is 10.6 Å². The highest BCUT2D eigenvalue weighted by molar-refractivity contribution is 5.81. The van der Waals surface area contributed by atoms with Crippen molar-refractivity contribution >= 4 is 17.2 Å². The van der Waals surface area contributed by atoms with Gasteiger partial charge in [-0.3, -0.25) is 4.68 Å². The quantitative estimate of drug-likeness (QED) is 0.757. The zero-order valence-corrected chi connectivity index (χ0v) is 14.0. The average molecular weight is 319 g/mol. The molecule has 0 saturated heterocycles. The molecule has 0 atom stereocenters. The fourth-order valence-electron chi connectivity index (χ4n) is 2.98. The molecule has 2 N–H and O–H groups in total. The van der Waals surface area contributed by atoms with E-state index in [-0.39, 0.29) is 0 Å². The molecule has 1 aliphatic heterocycles. The predicted molar refractivity (Wildman–Crippen MR) is 97.3 cm³/mol. The van der Waals surface area contributed by atoms with Crippen LogP contribution >= 0.6 is 0 Å². The van der Waals surface area contributed by atoms with Gasteiger partial charge in [-0.05, 0) is 29.7 Å². The van der Waals surface area contributed by atoms with Gasteiger partial charge in [0.25, 0.3) is 0 Å². The molecule has 0 aliphatic carbocycles. The van der Waals surface area contributed by atoms with Crippen molar-refractivity contribution in [3.8, 4) is 11.1 Å². The van der Waals surface area contributed by atoms with Crippen molar-refractivity contribution in [2.45, 2.75) is 26.9 Å². The van der Waals surface area contributed by atoms with Gasteiger partial charge in [0.15, 0.2) is 0 Å². The molecular formula is C19H21N5. The molecule has 0 radical (unpaired) electrons. The first-order valence-corrected chi connectivity index (χ1v) is 8.31. The van der Waals surface area contributed by atoms with Crippen LogP contribution in [-0.4, -0.2) is 14.8 Å². The summed E-state index contributed by atoms with van der Waals surface area (Å²) >= 11 is 0. The monoisotopic (exact) mass is 319 g/mol. The van der Waals surface area contributed by atoms with E-state index < -0.39 is 0 Å². The minimum absolute atomic E-state index is 0.585. The Morgan fingerprint density at radius 2 is 2.08 bits per heavy atom. The number of rotatable bonds is 3. The standard InChI is InChI=1S/C19H21N5/c1-13(2)11-24-12-16(10-22-24)14-5-6-17-18(8-14)21-9-15-4-3-7-20-19(15)23-17/h3-8,10,12-13,21H,9,11H2,1-2H3,(H,20,23). The van der Waals surface area contributed by atoms with Gasteiger partial charge in [0.2, 0.25) is 0 Å². The molecular weight excluding hydrogens is 298 g/mol. The van der Waals surface area contributed by atoms with Gasteiger partial charge in [0.1, 0.15) is 5.82 Å². The number of hydrogen-bond acceptors (Lipinski definition) is 4. The fraction of sp³-hybridized carbons (Fsp3) is 0.263. The molecule has 0 amide bonds. The van der Waals surface area contributed by atoms with Gasteiger partial charge in [-0.2, -0.15) is 5.10 Å². The molecule has 4 rings (SSSR count). The van der Waals surface area contributed by atoms with E-state index in [1.54, 1.807) is 0 Å². The summed E-state index contributed by atoms with van der Waals surface area (Å²) in [6, 6.07) is 10.4. The summed E-state index contributed by atoms with van der Waals surface area (Å²) in [4.78, 5) is 4.43. The first kappa shape index (κ1) is 14.8. The Bertz CT molecular complexity index is 866. The van der Waals surface area contributed by atoms with E-state index in [4.69, 9.17) is 0 Å². The van der Waals surface area contributed by atoms with E-state index in [1.165, 1.54) is 5.56 Å². The SMILES string of the molecule is CC(C)Cn1cc(-c2ccc3c(c2)NCc2cccnc2N3)cn1. The molecule has 0 bridgehead atoms. The molecule has 0 fully saturated rings. The lowest BCUT2D eigenvalue weighted by molar-refractivity contribution is 0.483. The first-order valence-electron chi connectivity index (χ1n) is 8.31. The van der Waals surface area contributed by atoms with Crippen LogP contribution in [0.2, 0.25) is 0 Å². The Kier molecular flexibility index (Phi) is 3.69. The number of hydrogen-bond donors (Lipinski definition) is 2. The van der Waals surface area contributed by atoms with Gasteiger partial charge in [-0.15, -0.1) is 0 Å². The summed E-state index contributed by atoms with van der Waals surface area (Å²) in [5.41, 5.74) is 5.60. The summed E-state index contributed by atoms with van der Waals surface area (Å²) in [6.07, 6.45) is 5.86. The largest absolute Gasteiger partial charge is 0.379 e. The minimum Gasteiger partial charge on any atom is -0.379 e. The lowest BCUT2D eigenvalue weighted by Gasteiger charge is -2.10.